The Hall–Kier alpha value is -1.55. The smallest absolute Gasteiger partial charge is 0.123 e. The lowest BCUT2D eigenvalue weighted by Crippen LogP contribution is -2.25. The van der Waals surface area contributed by atoms with Crippen LogP contribution in [0.4, 0.5) is 4.39 Å². The number of benzene rings is 1. The second kappa shape index (κ2) is 9.23. The van der Waals surface area contributed by atoms with E-state index in [0.29, 0.717) is 5.92 Å². The number of hydrogen-bond acceptors (Lipinski definition) is 0. The third-order valence-electron chi connectivity index (χ3n) is 6.46. The zero-order valence-electron chi connectivity index (χ0n) is 15.5. The first-order valence-electron chi connectivity index (χ1n) is 10.2. The molecule has 0 aliphatic heterocycles. The van der Waals surface area contributed by atoms with E-state index >= 15 is 0 Å². The molecule has 2 fully saturated rings. The molecule has 1 aromatic carbocycles. The van der Waals surface area contributed by atoms with Crippen molar-refractivity contribution in [2.24, 2.45) is 23.7 Å². The van der Waals surface area contributed by atoms with Crippen LogP contribution < -0.4 is 0 Å². The Balaban J connectivity index is 1.41. The first-order chi connectivity index (χ1) is 12.2. The third-order valence-corrected chi connectivity index (χ3v) is 6.46. The molecule has 2 aliphatic carbocycles. The second-order valence-corrected chi connectivity index (χ2v) is 8.00. The van der Waals surface area contributed by atoms with Gasteiger partial charge in [0.1, 0.15) is 5.82 Å². The van der Waals surface area contributed by atoms with Crippen LogP contribution in [0.5, 0.6) is 0 Å². The van der Waals surface area contributed by atoms with Gasteiger partial charge in [-0.15, -0.1) is 0 Å². The molecule has 1 heteroatoms. The minimum atomic E-state index is -0.207. The van der Waals surface area contributed by atoms with E-state index in [1.54, 1.807) is 12.1 Å². The molecule has 2 aliphatic rings. The molecule has 25 heavy (non-hydrogen) atoms. The predicted octanol–water partition coefficient (Wildman–Crippen LogP) is 6.76. The van der Waals surface area contributed by atoms with Crippen molar-refractivity contribution < 1.29 is 4.39 Å². The van der Waals surface area contributed by atoms with Crippen molar-refractivity contribution in [3.8, 4) is 11.8 Å². The van der Waals surface area contributed by atoms with E-state index < -0.39 is 0 Å². The van der Waals surface area contributed by atoms with E-state index in [1.807, 2.05) is 6.08 Å². The van der Waals surface area contributed by atoms with Crippen LogP contribution in [0.2, 0.25) is 0 Å². The molecule has 0 unspecified atom stereocenters. The summed E-state index contributed by atoms with van der Waals surface area (Å²) in [4.78, 5) is 0. The van der Waals surface area contributed by atoms with E-state index in [0.717, 1.165) is 23.3 Å². The van der Waals surface area contributed by atoms with Crippen molar-refractivity contribution in [2.45, 2.75) is 64.7 Å². The van der Waals surface area contributed by atoms with Crippen LogP contribution in [0.15, 0.2) is 36.4 Å². The maximum absolute atomic E-state index is 12.9. The van der Waals surface area contributed by atoms with E-state index in [-0.39, 0.29) is 5.82 Å². The van der Waals surface area contributed by atoms with Crippen LogP contribution >= 0.6 is 0 Å². The number of allylic oxidation sites excluding steroid dienone is 2. The topological polar surface area (TPSA) is 0 Å². The highest BCUT2D eigenvalue weighted by Gasteiger charge is 2.29. The zero-order chi connectivity index (χ0) is 17.5. The normalized spacial score (nSPS) is 30.0. The van der Waals surface area contributed by atoms with Crippen molar-refractivity contribution in [3.05, 3.63) is 47.8 Å². The molecule has 0 nitrogen and oxygen atoms in total. The van der Waals surface area contributed by atoms with E-state index in [1.165, 1.54) is 69.9 Å². The van der Waals surface area contributed by atoms with Crippen molar-refractivity contribution in [1.29, 1.82) is 0 Å². The minimum absolute atomic E-state index is 0.207. The van der Waals surface area contributed by atoms with Gasteiger partial charge in [-0.3, -0.25) is 0 Å². The highest BCUT2D eigenvalue weighted by atomic mass is 19.1. The molecule has 134 valence electrons. The number of halogens is 1. The van der Waals surface area contributed by atoms with Crippen LogP contribution in [0.3, 0.4) is 0 Å². The predicted molar refractivity (Wildman–Crippen MR) is 104 cm³/mol. The van der Waals surface area contributed by atoms with Gasteiger partial charge in [0.05, 0.1) is 0 Å². The average Bonchev–Trinajstić information content (AvgIpc) is 2.67. The first kappa shape index (κ1) is 18.2. The molecule has 0 radical (unpaired) electrons. The highest BCUT2D eigenvalue weighted by Crippen LogP contribution is 2.42. The van der Waals surface area contributed by atoms with Crippen molar-refractivity contribution >= 4 is 0 Å². The van der Waals surface area contributed by atoms with Gasteiger partial charge in [-0.05, 0) is 92.5 Å². The average molecular weight is 339 g/mol. The van der Waals surface area contributed by atoms with E-state index in [9.17, 15) is 4.39 Å². The molecular weight excluding hydrogens is 307 g/mol. The van der Waals surface area contributed by atoms with Gasteiger partial charge in [0, 0.05) is 5.56 Å². The molecule has 3 rings (SSSR count). The van der Waals surface area contributed by atoms with Crippen molar-refractivity contribution in [3.63, 3.8) is 0 Å². The number of rotatable bonds is 3. The van der Waals surface area contributed by atoms with Gasteiger partial charge < -0.3 is 0 Å². The Labute approximate surface area is 152 Å². The SMILES string of the molecule is CCC1CCC(C2CCC(C=CC#Cc3ccc(F)cc3)CC2)CC1. The van der Waals surface area contributed by atoms with Crippen molar-refractivity contribution in [1.82, 2.24) is 0 Å². The molecule has 0 N–H and O–H groups in total. The monoisotopic (exact) mass is 338 g/mol. The van der Waals surface area contributed by atoms with Crippen molar-refractivity contribution in [2.75, 3.05) is 0 Å². The maximum atomic E-state index is 12.9. The van der Waals surface area contributed by atoms with Crippen LogP contribution in [0, 0.1) is 41.3 Å². The minimum Gasteiger partial charge on any atom is -0.207 e. The fourth-order valence-electron chi connectivity index (χ4n) is 4.72. The summed E-state index contributed by atoms with van der Waals surface area (Å²) < 4.78 is 12.9. The quantitative estimate of drug-likeness (QED) is 0.534. The number of hydrogen-bond donors (Lipinski definition) is 0. The molecule has 1 aromatic rings. The van der Waals surface area contributed by atoms with Gasteiger partial charge in [0.15, 0.2) is 0 Å². The standard InChI is InChI=1S/C24H31F/c1-2-19-7-13-22(14-8-19)23-15-9-20(10-16-23)5-3-4-6-21-11-17-24(25)18-12-21/h3,5,11-12,17-20,22-23H,2,7-10,13-16H2,1H3. The zero-order valence-corrected chi connectivity index (χ0v) is 15.5. The van der Waals surface area contributed by atoms with Gasteiger partial charge >= 0.3 is 0 Å². The Morgan fingerprint density at radius 1 is 0.920 bits per heavy atom. The van der Waals surface area contributed by atoms with Crippen LogP contribution in [-0.2, 0) is 0 Å². The van der Waals surface area contributed by atoms with Crippen LogP contribution in [0.1, 0.15) is 70.3 Å². The van der Waals surface area contributed by atoms with Crippen LogP contribution in [0.25, 0.3) is 0 Å². The van der Waals surface area contributed by atoms with Gasteiger partial charge in [-0.2, -0.15) is 0 Å². The molecule has 0 atom stereocenters. The molecule has 2 saturated carbocycles. The Morgan fingerprint density at radius 3 is 2.12 bits per heavy atom. The van der Waals surface area contributed by atoms with Gasteiger partial charge in [-0.1, -0.05) is 44.1 Å². The first-order valence-corrected chi connectivity index (χ1v) is 10.2. The Kier molecular flexibility index (Phi) is 6.74. The highest BCUT2D eigenvalue weighted by molar-refractivity contribution is 5.36. The lowest BCUT2D eigenvalue weighted by Gasteiger charge is -2.37. The summed E-state index contributed by atoms with van der Waals surface area (Å²) in [7, 11) is 0. The lowest BCUT2D eigenvalue weighted by atomic mass is 9.69. The van der Waals surface area contributed by atoms with E-state index in [4.69, 9.17) is 0 Å². The summed E-state index contributed by atoms with van der Waals surface area (Å²) in [6.07, 6.45) is 17.0. The maximum Gasteiger partial charge on any atom is 0.123 e. The second-order valence-electron chi connectivity index (χ2n) is 8.00. The summed E-state index contributed by atoms with van der Waals surface area (Å²) in [6.45, 7) is 2.35. The fourth-order valence-corrected chi connectivity index (χ4v) is 4.72. The summed E-state index contributed by atoms with van der Waals surface area (Å²) in [5.41, 5.74) is 0.873. The molecule has 0 saturated heterocycles. The Bertz CT molecular complexity index is 600. The largest absolute Gasteiger partial charge is 0.207 e. The third kappa shape index (κ3) is 5.46. The molecule has 0 amide bonds. The fraction of sp³-hybridized carbons (Fsp3) is 0.583. The van der Waals surface area contributed by atoms with E-state index in [2.05, 4.69) is 24.8 Å². The van der Waals surface area contributed by atoms with Gasteiger partial charge in [0.2, 0.25) is 0 Å². The molecule has 0 bridgehead atoms. The molecule has 0 spiro atoms. The van der Waals surface area contributed by atoms with Crippen LogP contribution in [-0.4, -0.2) is 0 Å². The Morgan fingerprint density at radius 2 is 1.52 bits per heavy atom. The molecular formula is C24H31F. The van der Waals surface area contributed by atoms with Gasteiger partial charge in [-0.25, -0.2) is 4.39 Å². The van der Waals surface area contributed by atoms with Gasteiger partial charge in [0.25, 0.3) is 0 Å². The summed E-state index contributed by atoms with van der Waals surface area (Å²) in [5, 5.41) is 0. The summed E-state index contributed by atoms with van der Waals surface area (Å²) >= 11 is 0. The molecule has 0 heterocycles. The lowest BCUT2D eigenvalue weighted by molar-refractivity contribution is 0.154. The summed E-state index contributed by atoms with van der Waals surface area (Å²) in [6, 6.07) is 6.38. The summed E-state index contributed by atoms with van der Waals surface area (Å²) in [5.74, 6) is 9.67. The molecule has 0 aromatic heterocycles.